The molecule has 0 radical (unpaired) electrons. The monoisotopic (exact) mass is 184 g/mol. The van der Waals surface area contributed by atoms with Crippen LogP contribution in [-0.4, -0.2) is 17.8 Å². The van der Waals surface area contributed by atoms with E-state index in [0.29, 0.717) is 23.1 Å². The van der Waals surface area contributed by atoms with Gasteiger partial charge in [0.05, 0.1) is 5.56 Å². The molecule has 0 aliphatic heterocycles. The van der Waals surface area contributed by atoms with E-state index in [1.54, 1.807) is 12.1 Å². The van der Waals surface area contributed by atoms with E-state index in [-0.39, 0.29) is 0 Å². The van der Waals surface area contributed by atoms with Crippen LogP contribution in [0.2, 0.25) is 5.15 Å². The van der Waals surface area contributed by atoms with Crippen LogP contribution in [0.15, 0.2) is 12.1 Å². The number of carbonyl (C=O) groups excluding carboxylic acids is 1. The van der Waals surface area contributed by atoms with E-state index in [4.69, 9.17) is 11.6 Å². The summed E-state index contributed by atoms with van der Waals surface area (Å²) < 4.78 is 0. The zero-order valence-electron chi connectivity index (χ0n) is 6.67. The zero-order valence-corrected chi connectivity index (χ0v) is 7.43. The van der Waals surface area contributed by atoms with Crippen LogP contribution in [0, 0.1) is 0 Å². The molecule has 3 nitrogen and oxygen atoms in total. The molecule has 64 valence electrons. The average Bonchev–Trinajstić information content (AvgIpc) is 2.05. The first-order chi connectivity index (χ1) is 5.77. The van der Waals surface area contributed by atoms with Gasteiger partial charge in [-0.3, -0.25) is 4.79 Å². The molecule has 0 saturated heterocycles. The van der Waals surface area contributed by atoms with Crippen molar-refractivity contribution in [3.8, 4) is 0 Å². The topological polar surface area (TPSA) is 42.0 Å². The van der Waals surface area contributed by atoms with Crippen molar-refractivity contribution in [3.05, 3.63) is 22.8 Å². The Balaban J connectivity index is 3.03. The molecule has 12 heavy (non-hydrogen) atoms. The first kappa shape index (κ1) is 9.00. The summed E-state index contributed by atoms with van der Waals surface area (Å²) in [4.78, 5) is 14.4. The van der Waals surface area contributed by atoms with Gasteiger partial charge in [0.2, 0.25) is 0 Å². The summed E-state index contributed by atoms with van der Waals surface area (Å²) >= 11 is 5.64. The summed E-state index contributed by atoms with van der Waals surface area (Å²) in [6.07, 6.45) is 0.751. The standard InChI is InChI=1S/C8H9ClN2O/c1-2-10-8-6(5-12)3-4-7(9)11-8/h3-5H,2H2,1H3,(H,10,11). The van der Waals surface area contributed by atoms with E-state index in [2.05, 4.69) is 10.3 Å². The Morgan fingerprint density at radius 1 is 1.67 bits per heavy atom. The second-order valence-corrected chi connectivity index (χ2v) is 2.61. The van der Waals surface area contributed by atoms with Gasteiger partial charge in [0, 0.05) is 6.54 Å². The van der Waals surface area contributed by atoms with E-state index in [0.717, 1.165) is 6.29 Å². The average molecular weight is 185 g/mol. The molecule has 0 saturated carbocycles. The lowest BCUT2D eigenvalue weighted by molar-refractivity contribution is 0.112. The molecule has 1 N–H and O–H groups in total. The molecule has 0 fully saturated rings. The summed E-state index contributed by atoms with van der Waals surface area (Å²) in [6, 6.07) is 3.23. The molecule has 0 aliphatic carbocycles. The number of rotatable bonds is 3. The number of nitrogens with zero attached hydrogens (tertiary/aromatic N) is 1. The van der Waals surface area contributed by atoms with Gasteiger partial charge in [0.25, 0.3) is 0 Å². The summed E-state index contributed by atoms with van der Waals surface area (Å²) in [5.41, 5.74) is 0.529. The molecular formula is C8H9ClN2O. The number of carbonyl (C=O) groups is 1. The van der Waals surface area contributed by atoms with Crippen molar-refractivity contribution in [1.29, 1.82) is 0 Å². The highest BCUT2D eigenvalue weighted by Gasteiger charge is 2.01. The third-order valence-corrected chi connectivity index (χ3v) is 1.57. The van der Waals surface area contributed by atoms with Crippen LogP contribution in [0.25, 0.3) is 0 Å². The van der Waals surface area contributed by atoms with Gasteiger partial charge < -0.3 is 5.32 Å². The van der Waals surface area contributed by atoms with Crippen molar-refractivity contribution in [2.45, 2.75) is 6.92 Å². The lowest BCUT2D eigenvalue weighted by Crippen LogP contribution is -2.02. The molecule has 0 aromatic carbocycles. The summed E-state index contributed by atoms with van der Waals surface area (Å²) in [5, 5.41) is 3.33. The largest absolute Gasteiger partial charge is 0.370 e. The molecule has 1 rings (SSSR count). The van der Waals surface area contributed by atoms with E-state index in [9.17, 15) is 4.79 Å². The molecule has 1 heterocycles. The van der Waals surface area contributed by atoms with Crippen molar-refractivity contribution in [1.82, 2.24) is 4.98 Å². The Morgan fingerprint density at radius 3 is 3.00 bits per heavy atom. The SMILES string of the molecule is CCNc1nc(Cl)ccc1C=O. The number of nitrogens with one attached hydrogen (secondary N) is 1. The predicted octanol–water partition coefficient (Wildman–Crippen LogP) is 1.98. The highest BCUT2D eigenvalue weighted by molar-refractivity contribution is 6.29. The Kier molecular flexibility index (Phi) is 3.05. The Labute approximate surface area is 75.8 Å². The smallest absolute Gasteiger partial charge is 0.153 e. The maximum Gasteiger partial charge on any atom is 0.153 e. The van der Waals surface area contributed by atoms with Crippen LogP contribution in [0.1, 0.15) is 17.3 Å². The molecule has 0 aliphatic rings. The predicted molar refractivity (Wildman–Crippen MR) is 48.8 cm³/mol. The number of hydrogen-bond acceptors (Lipinski definition) is 3. The Bertz CT molecular complexity index is 288. The number of pyridine rings is 1. The zero-order chi connectivity index (χ0) is 8.97. The number of aldehydes is 1. The maximum absolute atomic E-state index is 10.5. The molecule has 0 spiro atoms. The highest BCUT2D eigenvalue weighted by atomic mass is 35.5. The first-order valence-electron chi connectivity index (χ1n) is 3.63. The third-order valence-electron chi connectivity index (χ3n) is 1.36. The van der Waals surface area contributed by atoms with Crippen LogP contribution in [-0.2, 0) is 0 Å². The van der Waals surface area contributed by atoms with Crippen molar-refractivity contribution in [2.24, 2.45) is 0 Å². The van der Waals surface area contributed by atoms with Crippen molar-refractivity contribution < 1.29 is 4.79 Å². The van der Waals surface area contributed by atoms with Gasteiger partial charge in [-0.2, -0.15) is 0 Å². The summed E-state index contributed by atoms with van der Waals surface area (Å²) in [5.74, 6) is 0.542. The summed E-state index contributed by atoms with van der Waals surface area (Å²) in [6.45, 7) is 2.64. The first-order valence-corrected chi connectivity index (χ1v) is 4.01. The van der Waals surface area contributed by atoms with Gasteiger partial charge in [0.15, 0.2) is 6.29 Å². The van der Waals surface area contributed by atoms with E-state index >= 15 is 0 Å². The quantitative estimate of drug-likeness (QED) is 0.577. The maximum atomic E-state index is 10.5. The second kappa shape index (κ2) is 4.07. The van der Waals surface area contributed by atoms with Gasteiger partial charge in [-0.15, -0.1) is 0 Å². The lowest BCUT2D eigenvalue weighted by Gasteiger charge is -2.04. The van der Waals surface area contributed by atoms with Crippen LogP contribution in [0.4, 0.5) is 5.82 Å². The number of aromatic nitrogens is 1. The van der Waals surface area contributed by atoms with Crippen LogP contribution >= 0.6 is 11.6 Å². The molecule has 1 aromatic heterocycles. The molecule has 4 heteroatoms. The van der Waals surface area contributed by atoms with Crippen molar-refractivity contribution in [2.75, 3.05) is 11.9 Å². The molecule has 0 amide bonds. The van der Waals surface area contributed by atoms with Crippen LogP contribution in [0.5, 0.6) is 0 Å². The van der Waals surface area contributed by atoms with E-state index in [1.807, 2.05) is 6.92 Å². The highest BCUT2D eigenvalue weighted by Crippen LogP contribution is 2.13. The van der Waals surface area contributed by atoms with Gasteiger partial charge in [-0.1, -0.05) is 11.6 Å². The number of anilines is 1. The van der Waals surface area contributed by atoms with Gasteiger partial charge in [-0.05, 0) is 19.1 Å². The number of hydrogen-bond donors (Lipinski definition) is 1. The second-order valence-electron chi connectivity index (χ2n) is 2.22. The van der Waals surface area contributed by atoms with E-state index < -0.39 is 0 Å². The van der Waals surface area contributed by atoms with Gasteiger partial charge in [-0.25, -0.2) is 4.98 Å². The molecule has 0 bridgehead atoms. The summed E-state index contributed by atoms with van der Waals surface area (Å²) in [7, 11) is 0. The molecule has 1 aromatic rings. The van der Waals surface area contributed by atoms with Gasteiger partial charge in [0.1, 0.15) is 11.0 Å². The van der Waals surface area contributed by atoms with Crippen LogP contribution in [0.3, 0.4) is 0 Å². The number of halogens is 1. The van der Waals surface area contributed by atoms with Gasteiger partial charge >= 0.3 is 0 Å². The molecule has 0 atom stereocenters. The minimum Gasteiger partial charge on any atom is -0.370 e. The molecule has 0 unspecified atom stereocenters. The lowest BCUT2D eigenvalue weighted by atomic mass is 10.3. The fourth-order valence-corrected chi connectivity index (χ4v) is 0.998. The van der Waals surface area contributed by atoms with Crippen molar-refractivity contribution >= 4 is 23.7 Å². The van der Waals surface area contributed by atoms with Crippen molar-refractivity contribution in [3.63, 3.8) is 0 Å². The van der Waals surface area contributed by atoms with E-state index in [1.165, 1.54) is 0 Å². The third kappa shape index (κ3) is 1.95. The minimum absolute atomic E-state index is 0.386. The normalized spacial score (nSPS) is 9.50. The minimum atomic E-state index is 0.386. The molecular weight excluding hydrogens is 176 g/mol. The fourth-order valence-electron chi connectivity index (χ4n) is 0.850. The van der Waals surface area contributed by atoms with Crippen LogP contribution < -0.4 is 5.32 Å². The Morgan fingerprint density at radius 2 is 2.42 bits per heavy atom. The fraction of sp³-hybridized carbons (Fsp3) is 0.250. The Hall–Kier alpha value is -1.09.